The molecule has 1 aromatic rings. The molecule has 5 nitrogen and oxygen atoms in total. The molecule has 6 rings (SSSR count). The second-order valence-electron chi connectivity index (χ2n) is 10.8. The quantitative estimate of drug-likeness (QED) is 0.704. The van der Waals surface area contributed by atoms with Gasteiger partial charge in [0, 0.05) is 12.0 Å². The Hall–Kier alpha value is -1.88. The van der Waals surface area contributed by atoms with Crippen LogP contribution in [0.3, 0.4) is 0 Å². The zero-order chi connectivity index (χ0) is 21.4. The molecule has 2 N–H and O–H groups in total. The Labute approximate surface area is 186 Å². The first-order valence-electron chi connectivity index (χ1n) is 12.4. The first-order chi connectivity index (χ1) is 15.0. The lowest BCUT2D eigenvalue weighted by Crippen LogP contribution is -2.57. The number of hydrogen-bond acceptors (Lipinski definition) is 3. The molecule has 0 aromatic heterocycles. The Morgan fingerprint density at radius 3 is 2.16 bits per heavy atom. The third-order valence-corrected chi connectivity index (χ3v) is 8.50. The maximum absolute atomic E-state index is 13.3. The van der Waals surface area contributed by atoms with Gasteiger partial charge in [-0.05, 0) is 94.7 Å². The fraction of sp³-hybridized carbons (Fsp3) is 0.692. The Morgan fingerprint density at radius 2 is 1.58 bits per heavy atom. The summed E-state index contributed by atoms with van der Waals surface area (Å²) in [5, 5.41) is 6.25. The van der Waals surface area contributed by atoms with E-state index in [1.54, 1.807) is 0 Å². The summed E-state index contributed by atoms with van der Waals surface area (Å²) in [5.74, 6) is 2.25. The highest BCUT2D eigenvalue weighted by Crippen LogP contribution is 2.60. The van der Waals surface area contributed by atoms with Gasteiger partial charge in [-0.15, -0.1) is 0 Å². The molecule has 1 aromatic carbocycles. The number of carbonyl (C=O) groups is 2. The molecule has 31 heavy (non-hydrogen) atoms. The van der Waals surface area contributed by atoms with Gasteiger partial charge < -0.3 is 10.6 Å². The van der Waals surface area contributed by atoms with Gasteiger partial charge in [0.2, 0.25) is 11.8 Å². The van der Waals surface area contributed by atoms with Crippen LogP contribution in [0.1, 0.15) is 69.9 Å². The summed E-state index contributed by atoms with van der Waals surface area (Å²) in [6, 6.07) is 10.2. The molecule has 5 fully saturated rings. The number of carbonyl (C=O) groups excluding carboxylic acids is 2. The third-order valence-electron chi connectivity index (χ3n) is 8.50. The molecular weight excluding hydrogens is 386 g/mol. The minimum atomic E-state index is -0.490. The predicted molar refractivity (Wildman–Crippen MR) is 121 cm³/mol. The van der Waals surface area contributed by atoms with Crippen molar-refractivity contribution in [2.24, 2.45) is 23.2 Å². The van der Waals surface area contributed by atoms with Crippen molar-refractivity contribution in [1.82, 2.24) is 15.5 Å². The Balaban J connectivity index is 1.19. The van der Waals surface area contributed by atoms with E-state index in [1.165, 1.54) is 37.7 Å². The van der Waals surface area contributed by atoms with Crippen LogP contribution in [0.25, 0.3) is 0 Å². The van der Waals surface area contributed by atoms with Gasteiger partial charge in [0.25, 0.3) is 0 Å². The maximum atomic E-state index is 13.3. The third kappa shape index (κ3) is 4.26. The van der Waals surface area contributed by atoms with E-state index in [0.29, 0.717) is 6.54 Å². The molecule has 4 aliphatic carbocycles. The SMILES string of the molecule is CC(NC(=O)C12CC3CC(CC(C3)C1)C2)C(=O)NCC(c1ccccc1)N1CCCC1. The van der Waals surface area contributed by atoms with Crippen LogP contribution in [0.4, 0.5) is 0 Å². The van der Waals surface area contributed by atoms with Gasteiger partial charge >= 0.3 is 0 Å². The van der Waals surface area contributed by atoms with E-state index in [9.17, 15) is 9.59 Å². The van der Waals surface area contributed by atoms with Gasteiger partial charge in [-0.2, -0.15) is 0 Å². The topological polar surface area (TPSA) is 61.4 Å². The van der Waals surface area contributed by atoms with Crippen LogP contribution in [0.5, 0.6) is 0 Å². The van der Waals surface area contributed by atoms with Crippen molar-refractivity contribution in [3.8, 4) is 0 Å². The average molecular weight is 424 g/mol. The molecule has 1 saturated heterocycles. The monoisotopic (exact) mass is 423 g/mol. The van der Waals surface area contributed by atoms with Crippen molar-refractivity contribution >= 4 is 11.8 Å². The highest BCUT2D eigenvalue weighted by molar-refractivity contribution is 5.90. The van der Waals surface area contributed by atoms with Crippen LogP contribution in [0, 0.1) is 23.2 Å². The van der Waals surface area contributed by atoms with Gasteiger partial charge in [-0.3, -0.25) is 14.5 Å². The fourth-order valence-corrected chi connectivity index (χ4v) is 7.34. The van der Waals surface area contributed by atoms with Crippen LogP contribution in [0.2, 0.25) is 0 Å². The number of amides is 2. The largest absolute Gasteiger partial charge is 0.352 e. The van der Waals surface area contributed by atoms with Gasteiger partial charge in [0.05, 0.1) is 6.04 Å². The van der Waals surface area contributed by atoms with E-state index in [2.05, 4.69) is 39.8 Å². The van der Waals surface area contributed by atoms with Crippen molar-refractivity contribution in [2.45, 2.75) is 70.4 Å². The molecule has 4 bridgehead atoms. The normalized spacial score (nSPS) is 33.8. The van der Waals surface area contributed by atoms with Crippen LogP contribution in [-0.2, 0) is 9.59 Å². The molecule has 168 valence electrons. The van der Waals surface area contributed by atoms with Gasteiger partial charge in [0.15, 0.2) is 0 Å². The van der Waals surface area contributed by atoms with Gasteiger partial charge in [0.1, 0.15) is 6.04 Å². The van der Waals surface area contributed by atoms with E-state index in [0.717, 1.165) is 50.1 Å². The molecule has 2 atom stereocenters. The average Bonchev–Trinajstić information content (AvgIpc) is 3.28. The van der Waals surface area contributed by atoms with E-state index < -0.39 is 6.04 Å². The summed E-state index contributed by atoms with van der Waals surface area (Å²) in [6.07, 6.45) is 9.49. The second-order valence-corrected chi connectivity index (χ2v) is 10.8. The summed E-state index contributed by atoms with van der Waals surface area (Å²) in [6.45, 7) is 4.57. The van der Waals surface area contributed by atoms with Crippen molar-refractivity contribution in [3.05, 3.63) is 35.9 Å². The Morgan fingerprint density at radius 1 is 1.00 bits per heavy atom. The molecule has 1 heterocycles. The van der Waals surface area contributed by atoms with Gasteiger partial charge in [-0.1, -0.05) is 30.3 Å². The molecule has 5 aliphatic rings. The Bertz CT molecular complexity index is 767. The molecule has 1 aliphatic heterocycles. The van der Waals surface area contributed by atoms with Crippen LogP contribution in [0.15, 0.2) is 30.3 Å². The number of benzene rings is 1. The first-order valence-corrected chi connectivity index (χ1v) is 12.4. The Kier molecular flexibility index (Phi) is 5.80. The first kappa shape index (κ1) is 21.0. The van der Waals surface area contributed by atoms with Gasteiger partial charge in [-0.25, -0.2) is 0 Å². The second kappa shape index (κ2) is 8.57. The smallest absolute Gasteiger partial charge is 0.242 e. The number of nitrogens with one attached hydrogen (secondary N) is 2. The van der Waals surface area contributed by atoms with Crippen LogP contribution < -0.4 is 10.6 Å². The molecule has 5 heteroatoms. The highest BCUT2D eigenvalue weighted by atomic mass is 16.2. The maximum Gasteiger partial charge on any atom is 0.242 e. The van der Waals surface area contributed by atoms with Crippen LogP contribution in [-0.4, -0.2) is 42.4 Å². The number of hydrogen-bond donors (Lipinski definition) is 2. The minimum Gasteiger partial charge on any atom is -0.352 e. The number of likely N-dealkylation sites (tertiary alicyclic amines) is 1. The molecule has 4 saturated carbocycles. The van der Waals surface area contributed by atoms with Crippen molar-refractivity contribution < 1.29 is 9.59 Å². The number of nitrogens with zero attached hydrogens (tertiary/aromatic N) is 1. The summed E-state index contributed by atoms with van der Waals surface area (Å²) in [5.41, 5.74) is 1.04. The molecule has 2 amide bonds. The van der Waals surface area contributed by atoms with Crippen molar-refractivity contribution in [3.63, 3.8) is 0 Å². The lowest BCUT2D eigenvalue weighted by Gasteiger charge is -2.55. The number of rotatable bonds is 7. The minimum absolute atomic E-state index is 0.0711. The molecule has 0 radical (unpaired) electrons. The molecule has 0 spiro atoms. The lowest BCUT2D eigenvalue weighted by atomic mass is 9.49. The summed E-state index contributed by atoms with van der Waals surface area (Å²) in [7, 11) is 0. The summed E-state index contributed by atoms with van der Waals surface area (Å²) < 4.78 is 0. The molecule has 2 unspecified atom stereocenters. The van der Waals surface area contributed by atoms with Crippen LogP contribution >= 0.6 is 0 Å². The van der Waals surface area contributed by atoms with E-state index in [1.807, 2.05) is 13.0 Å². The van der Waals surface area contributed by atoms with Crippen molar-refractivity contribution in [2.75, 3.05) is 19.6 Å². The lowest BCUT2D eigenvalue weighted by molar-refractivity contribution is -0.148. The summed E-state index contributed by atoms with van der Waals surface area (Å²) >= 11 is 0. The fourth-order valence-electron chi connectivity index (χ4n) is 7.34. The van der Waals surface area contributed by atoms with E-state index >= 15 is 0 Å². The zero-order valence-corrected chi connectivity index (χ0v) is 18.8. The van der Waals surface area contributed by atoms with E-state index in [4.69, 9.17) is 0 Å². The summed E-state index contributed by atoms with van der Waals surface area (Å²) in [4.78, 5) is 28.7. The zero-order valence-electron chi connectivity index (χ0n) is 18.8. The van der Waals surface area contributed by atoms with E-state index in [-0.39, 0.29) is 23.3 Å². The predicted octanol–water partition coefficient (Wildman–Crippen LogP) is 3.66. The standard InChI is InChI=1S/C26H37N3O2/c1-18(28-25(31)26-14-19-11-20(15-26)13-21(12-19)16-26)24(30)27-17-23(29-9-5-6-10-29)22-7-3-2-4-8-22/h2-4,7-8,18-21,23H,5-6,9-17H2,1H3,(H,27,30)(H,28,31). The highest BCUT2D eigenvalue weighted by Gasteiger charge is 2.54. The molecular formula is C26H37N3O2. The van der Waals surface area contributed by atoms with Crippen molar-refractivity contribution in [1.29, 1.82) is 0 Å².